The average molecular weight is 290 g/mol. The minimum atomic E-state index is 0.335. The number of likely N-dealkylation sites (tertiary alicyclic amines) is 1. The first kappa shape index (κ1) is 11.4. The lowest BCUT2D eigenvalue weighted by atomic mass is 10.0. The van der Waals surface area contributed by atoms with E-state index in [0.717, 1.165) is 22.6 Å². The molecule has 15 heavy (non-hydrogen) atoms. The highest BCUT2D eigenvalue weighted by Crippen LogP contribution is 2.31. The summed E-state index contributed by atoms with van der Waals surface area (Å²) in [7, 11) is 0. The minimum absolute atomic E-state index is 0.335. The number of nitrogens with zero attached hydrogens (tertiary/aromatic N) is 1. The molecule has 1 aliphatic rings. The maximum absolute atomic E-state index is 6.20. The van der Waals surface area contributed by atoms with Crippen LogP contribution >= 0.6 is 27.5 Å². The number of halogens is 2. The fourth-order valence-corrected chi connectivity index (χ4v) is 2.73. The summed E-state index contributed by atoms with van der Waals surface area (Å²) in [6.45, 7) is 4.10. The zero-order chi connectivity index (χ0) is 11.0. The van der Waals surface area contributed by atoms with E-state index in [9.17, 15) is 0 Å². The van der Waals surface area contributed by atoms with Crippen molar-refractivity contribution in [1.82, 2.24) is 4.90 Å². The lowest BCUT2D eigenvalue weighted by Gasteiger charge is -2.41. The number of benzene rings is 1. The maximum atomic E-state index is 6.20. The van der Waals surface area contributed by atoms with E-state index in [-0.39, 0.29) is 0 Å². The zero-order valence-electron chi connectivity index (χ0n) is 8.58. The molecule has 4 heteroatoms. The zero-order valence-corrected chi connectivity index (χ0v) is 10.9. The summed E-state index contributed by atoms with van der Waals surface area (Å²) in [6.07, 6.45) is 0. The quantitative estimate of drug-likeness (QED) is 0.907. The Kier molecular flexibility index (Phi) is 3.36. The first-order valence-corrected chi connectivity index (χ1v) is 6.19. The Morgan fingerprint density at radius 3 is 2.73 bits per heavy atom. The van der Waals surface area contributed by atoms with Crippen LogP contribution in [0.1, 0.15) is 18.5 Å². The Balaban J connectivity index is 2.15. The molecule has 1 unspecified atom stereocenters. The third-order valence-corrected chi connectivity index (χ3v) is 3.72. The van der Waals surface area contributed by atoms with Crippen LogP contribution in [0.15, 0.2) is 22.7 Å². The van der Waals surface area contributed by atoms with E-state index in [1.165, 1.54) is 5.56 Å². The molecule has 0 radical (unpaired) electrons. The summed E-state index contributed by atoms with van der Waals surface area (Å²) in [5.74, 6) is 0. The SMILES string of the molecule is CC(c1ccc(Br)cc1Cl)N1CC(N)C1. The van der Waals surface area contributed by atoms with Crippen molar-refractivity contribution in [1.29, 1.82) is 0 Å². The first-order valence-electron chi connectivity index (χ1n) is 5.02. The molecule has 1 atom stereocenters. The molecule has 2 nitrogen and oxygen atoms in total. The van der Waals surface area contributed by atoms with Crippen LogP contribution in [0.4, 0.5) is 0 Å². The van der Waals surface area contributed by atoms with Gasteiger partial charge in [-0.15, -0.1) is 0 Å². The van der Waals surface area contributed by atoms with Crippen LogP contribution in [-0.2, 0) is 0 Å². The summed E-state index contributed by atoms with van der Waals surface area (Å²) >= 11 is 9.60. The molecular weight excluding hydrogens is 275 g/mol. The fraction of sp³-hybridized carbons (Fsp3) is 0.455. The van der Waals surface area contributed by atoms with Gasteiger partial charge in [-0.05, 0) is 24.6 Å². The van der Waals surface area contributed by atoms with E-state index in [1.54, 1.807) is 0 Å². The number of rotatable bonds is 2. The molecule has 82 valence electrons. The van der Waals surface area contributed by atoms with Gasteiger partial charge in [0, 0.05) is 34.7 Å². The number of nitrogens with two attached hydrogens (primary N) is 1. The Bertz CT molecular complexity index is 364. The molecule has 2 rings (SSSR count). The topological polar surface area (TPSA) is 29.3 Å². The van der Waals surface area contributed by atoms with Crippen LogP contribution in [0.25, 0.3) is 0 Å². The van der Waals surface area contributed by atoms with Gasteiger partial charge in [0.1, 0.15) is 0 Å². The van der Waals surface area contributed by atoms with Gasteiger partial charge in [0.15, 0.2) is 0 Å². The standard InChI is InChI=1S/C11H14BrClN2/c1-7(15-5-9(14)6-15)10-3-2-8(12)4-11(10)13/h2-4,7,9H,5-6,14H2,1H3. The molecule has 1 heterocycles. The molecule has 1 saturated heterocycles. The van der Waals surface area contributed by atoms with Gasteiger partial charge in [-0.3, -0.25) is 4.90 Å². The Hall–Kier alpha value is -0.0900. The number of hydrogen-bond donors (Lipinski definition) is 1. The first-order chi connectivity index (χ1) is 7.08. The van der Waals surface area contributed by atoms with Crippen LogP contribution in [0, 0.1) is 0 Å². The van der Waals surface area contributed by atoms with Gasteiger partial charge < -0.3 is 5.73 Å². The highest BCUT2D eigenvalue weighted by Gasteiger charge is 2.28. The molecule has 0 bridgehead atoms. The second kappa shape index (κ2) is 4.42. The van der Waals surface area contributed by atoms with Crippen molar-refractivity contribution < 1.29 is 0 Å². The molecule has 0 saturated carbocycles. The van der Waals surface area contributed by atoms with Crippen molar-refractivity contribution in [2.45, 2.75) is 19.0 Å². The summed E-state index contributed by atoms with van der Waals surface area (Å²) in [6, 6.07) is 6.72. The molecule has 1 aromatic rings. The molecule has 2 N–H and O–H groups in total. The molecule has 1 aromatic carbocycles. The third kappa shape index (κ3) is 2.36. The van der Waals surface area contributed by atoms with Crippen molar-refractivity contribution in [3.8, 4) is 0 Å². The Labute approximate surface area is 104 Å². The molecule has 0 aliphatic carbocycles. The lowest BCUT2D eigenvalue weighted by Crippen LogP contribution is -2.56. The second-order valence-electron chi connectivity index (χ2n) is 4.06. The molecule has 0 spiro atoms. The lowest BCUT2D eigenvalue weighted by molar-refractivity contribution is 0.103. The average Bonchev–Trinajstić information content (AvgIpc) is 2.12. The third-order valence-electron chi connectivity index (χ3n) is 2.90. The van der Waals surface area contributed by atoms with Gasteiger partial charge in [0.05, 0.1) is 0 Å². The molecular formula is C11H14BrClN2. The summed E-state index contributed by atoms with van der Waals surface area (Å²) in [5.41, 5.74) is 6.94. The van der Waals surface area contributed by atoms with E-state index in [2.05, 4.69) is 33.8 Å². The molecule has 1 fully saturated rings. The van der Waals surface area contributed by atoms with Crippen LogP contribution in [0.3, 0.4) is 0 Å². The normalized spacial score (nSPS) is 20.0. The highest BCUT2D eigenvalue weighted by molar-refractivity contribution is 9.10. The maximum Gasteiger partial charge on any atom is 0.0464 e. The van der Waals surface area contributed by atoms with Gasteiger partial charge in [0.2, 0.25) is 0 Å². The molecule has 0 amide bonds. The van der Waals surface area contributed by atoms with Crippen molar-refractivity contribution in [2.75, 3.05) is 13.1 Å². The fourth-order valence-electron chi connectivity index (χ4n) is 1.90. The van der Waals surface area contributed by atoms with E-state index < -0.39 is 0 Å². The van der Waals surface area contributed by atoms with Gasteiger partial charge in [-0.1, -0.05) is 33.6 Å². The van der Waals surface area contributed by atoms with Crippen molar-refractivity contribution in [3.63, 3.8) is 0 Å². The van der Waals surface area contributed by atoms with Crippen LogP contribution in [-0.4, -0.2) is 24.0 Å². The summed E-state index contributed by atoms with van der Waals surface area (Å²) in [5, 5.41) is 0.817. The van der Waals surface area contributed by atoms with Gasteiger partial charge in [-0.2, -0.15) is 0 Å². The van der Waals surface area contributed by atoms with E-state index in [1.807, 2.05) is 12.1 Å². The van der Waals surface area contributed by atoms with Gasteiger partial charge >= 0.3 is 0 Å². The monoisotopic (exact) mass is 288 g/mol. The molecule has 0 aromatic heterocycles. The van der Waals surface area contributed by atoms with Crippen molar-refractivity contribution >= 4 is 27.5 Å². The van der Waals surface area contributed by atoms with Crippen molar-refractivity contribution in [3.05, 3.63) is 33.3 Å². The van der Waals surface area contributed by atoms with Crippen LogP contribution in [0.2, 0.25) is 5.02 Å². The number of hydrogen-bond acceptors (Lipinski definition) is 2. The predicted octanol–water partition coefficient (Wildman–Crippen LogP) is 2.81. The minimum Gasteiger partial charge on any atom is -0.325 e. The second-order valence-corrected chi connectivity index (χ2v) is 5.38. The highest BCUT2D eigenvalue weighted by atomic mass is 79.9. The van der Waals surface area contributed by atoms with E-state index in [0.29, 0.717) is 12.1 Å². The largest absolute Gasteiger partial charge is 0.325 e. The van der Waals surface area contributed by atoms with Gasteiger partial charge in [0.25, 0.3) is 0 Å². The summed E-state index contributed by atoms with van der Waals surface area (Å²) < 4.78 is 1.02. The predicted molar refractivity (Wildman–Crippen MR) is 67.1 cm³/mol. The van der Waals surface area contributed by atoms with E-state index >= 15 is 0 Å². The Morgan fingerprint density at radius 2 is 2.20 bits per heavy atom. The molecule has 1 aliphatic heterocycles. The smallest absolute Gasteiger partial charge is 0.0464 e. The Morgan fingerprint density at radius 1 is 1.53 bits per heavy atom. The summed E-state index contributed by atoms with van der Waals surface area (Å²) in [4.78, 5) is 2.33. The van der Waals surface area contributed by atoms with E-state index in [4.69, 9.17) is 17.3 Å². The van der Waals surface area contributed by atoms with Gasteiger partial charge in [-0.25, -0.2) is 0 Å². The van der Waals surface area contributed by atoms with Crippen LogP contribution < -0.4 is 5.73 Å². The van der Waals surface area contributed by atoms with Crippen molar-refractivity contribution in [2.24, 2.45) is 5.73 Å². The van der Waals surface area contributed by atoms with Crippen LogP contribution in [0.5, 0.6) is 0 Å².